The van der Waals surface area contributed by atoms with Crippen LogP contribution in [0.25, 0.3) is 17.5 Å². The number of aryl methyl sites for hydroxylation is 1. The molecule has 0 saturated carbocycles. The van der Waals surface area contributed by atoms with E-state index in [0.717, 1.165) is 48.6 Å². The number of hydrogen-bond donors (Lipinski definition) is 1. The molecule has 0 saturated heterocycles. The molecule has 2 aromatic carbocycles. The Morgan fingerprint density at radius 2 is 1.97 bits per heavy atom. The zero-order chi connectivity index (χ0) is 22.5. The number of carbonyl (C=O) groups excluding carboxylic acids is 1. The smallest absolute Gasteiger partial charge is 0.248 e. The van der Waals surface area contributed by atoms with E-state index in [1.807, 2.05) is 18.2 Å². The van der Waals surface area contributed by atoms with Crippen LogP contribution < -0.4 is 14.8 Å². The van der Waals surface area contributed by atoms with E-state index in [1.165, 1.54) is 12.5 Å². The van der Waals surface area contributed by atoms with Crippen molar-refractivity contribution in [1.29, 1.82) is 0 Å². The van der Waals surface area contributed by atoms with Gasteiger partial charge < -0.3 is 19.4 Å². The molecule has 0 aliphatic carbocycles. The van der Waals surface area contributed by atoms with Crippen molar-refractivity contribution in [1.82, 2.24) is 14.8 Å². The molecule has 4 rings (SSSR count). The molecule has 1 N–H and O–H groups in total. The number of fused-ring (bicyclic) bond motifs is 1. The lowest BCUT2D eigenvalue weighted by Crippen LogP contribution is -2.08. The molecule has 1 amide bonds. The van der Waals surface area contributed by atoms with E-state index in [2.05, 4.69) is 20.1 Å². The van der Waals surface area contributed by atoms with Gasteiger partial charge in [-0.05, 0) is 49.2 Å². The van der Waals surface area contributed by atoms with E-state index in [0.29, 0.717) is 22.2 Å². The van der Waals surface area contributed by atoms with Gasteiger partial charge in [0.1, 0.15) is 17.3 Å². The second-order valence-electron chi connectivity index (χ2n) is 7.53. The molecule has 2 heterocycles. The maximum atomic E-state index is 12.5. The summed E-state index contributed by atoms with van der Waals surface area (Å²) in [6, 6.07) is 10.8. The minimum absolute atomic E-state index is 0.267. The molecular weight excluding hydrogens is 428 g/mol. The predicted molar refractivity (Wildman–Crippen MR) is 125 cm³/mol. The van der Waals surface area contributed by atoms with Crippen molar-refractivity contribution in [2.24, 2.45) is 0 Å². The fraction of sp³-hybridized carbons (Fsp3) is 0.292. The second kappa shape index (κ2) is 9.87. The minimum Gasteiger partial charge on any atom is -0.497 e. The van der Waals surface area contributed by atoms with Crippen LogP contribution in [0.3, 0.4) is 0 Å². The molecule has 0 fully saturated rings. The van der Waals surface area contributed by atoms with Crippen molar-refractivity contribution in [3.8, 4) is 22.9 Å². The van der Waals surface area contributed by atoms with Crippen LogP contribution >= 0.6 is 11.6 Å². The number of anilines is 1. The van der Waals surface area contributed by atoms with Gasteiger partial charge in [-0.3, -0.25) is 4.79 Å². The van der Waals surface area contributed by atoms with Crippen molar-refractivity contribution < 1.29 is 14.3 Å². The van der Waals surface area contributed by atoms with E-state index >= 15 is 0 Å². The summed E-state index contributed by atoms with van der Waals surface area (Å²) in [5, 5.41) is 12.2. The first kappa shape index (κ1) is 21.9. The zero-order valence-electron chi connectivity index (χ0n) is 18.1. The predicted octanol–water partition coefficient (Wildman–Crippen LogP) is 4.99. The summed E-state index contributed by atoms with van der Waals surface area (Å²) >= 11 is 6.47. The third-order valence-corrected chi connectivity index (χ3v) is 5.77. The lowest BCUT2D eigenvalue weighted by molar-refractivity contribution is -0.111. The van der Waals surface area contributed by atoms with E-state index in [-0.39, 0.29) is 5.91 Å². The minimum atomic E-state index is -0.267. The fourth-order valence-electron chi connectivity index (χ4n) is 3.76. The van der Waals surface area contributed by atoms with Gasteiger partial charge in [0.05, 0.1) is 19.2 Å². The van der Waals surface area contributed by atoms with Gasteiger partial charge in [0.25, 0.3) is 0 Å². The SMILES string of the molecule is COc1ccc(/C=C/C(=O)Nc2ccc(Cl)c(-c3nnc4n3CCCCC4)c2)c(OC)c1. The van der Waals surface area contributed by atoms with Crippen molar-refractivity contribution in [2.75, 3.05) is 19.5 Å². The molecule has 0 bridgehead atoms. The Morgan fingerprint density at radius 3 is 2.78 bits per heavy atom. The number of ether oxygens (including phenoxy) is 2. The Bertz CT molecular complexity index is 1160. The number of methoxy groups -OCH3 is 2. The maximum absolute atomic E-state index is 12.5. The van der Waals surface area contributed by atoms with Gasteiger partial charge in [0.15, 0.2) is 5.82 Å². The molecular formula is C24H25ClN4O3. The Morgan fingerprint density at radius 1 is 1.09 bits per heavy atom. The third kappa shape index (κ3) is 4.78. The highest BCUT2D eigenvalue weighted by Crippen LogP contribution is 2.31. The van der Waals surface area contributed by atoms with E-state index in [4.69, 9.17) is 21.1 Å². The van der Waals surface area contributed by atoms with Gasteiger partial charge in [0.2, 0.25) is 5.91 Å². The number of aromatic nitrogens is 3. The number of benzene rings is 2. The first-order chi connectivity index (χ1) is 15.6. The molecule has 1 aromatic heterocycles. The number of nitrogens with one attached hydrogen (secondary N) is 1. The second-order valence-corrected chi connectivity index (χ2v) is 7.93. The van der Waals surface area contributed by atoms with Gasteiger partial charge in [0, 0.05) is 41.9 Å². The monoisotopic (exact) mass is 452 g/mol. The highest BCUT2D eigenvalue weighted by Gasteiger charge is 2.18. The van der Waals surface area contributed by atoms with Crippen LogP contribution in [0.2, 0.25) is 5.02 Å². The van der Waals surface area contributed by atoms with Crippen LogP contribution in [-0.2, 0) is 17.8 Å². The Labute approximate surface area is 192 Å². The number of amides is 1. The number of nitrogens with zero attached hydrogens (tertiary/aromatic N) is 3. The number of carbonyl (C=O) groups is 1. The summed E-state index contributed by atoms with van der Waals surface area (Å²) in [6.45, 7) is 0.872. The molecule has 166 valence electrons. The Hall–Kier alpha value is -3.32. The molecule has 7 nitrogen and oxygen atoms in total. The van der Waals surface area contributed by atoms with Crippen LogP contribution in [0.4, 0.5) is 5.69 Å². The van der Waals surface area contributed by atoms with Crippen LogP contribution in [0.15, 0.2) is 42.5 Å². The summed E-state index contributed by atoms with van der Waals surface area (Å²) in [5.74, 6) is 2.76. The Kier molecular flexibility index (Phi) is 6.75. The maximum Gasteiger partial charge on any atom is 0.248 e. The lowest BCUT2D eigenvalue weighted by Gasteiger charge is -2.10. The van der Waals surface area contributed by atoms with Gasteiger partial charge in [-0.25, -0.2) is 0 Å². The van der Waals surface area contributed by atoms with Crippen molar-refractivity contribution in [3.63, 3.8) is 0 Å². The quantitative estimate of drug-likeness (QED) is 0.533. The van der Waals surface area contributed by atoms with E-state index < -0.39 is 0 Å². The summed E-state index contributed by atoms with van der Waals surface area (Å²) in [7, 11) is 3.17. The average Bonchev–Trinajstić information content (AvgIpc) is 3.06. The normalized spacial score (nSPS) is 13.5. The topological polar surface area (TPSA) is 78.3 Å². The number of rotatable bonds is 6. The van der Waals surface area contributed by atoms with Crippen LogP contribution in [0, 0.1) is 0 Å². The summed E-state index contributed by atoms with van der Waals surface area (Å²) in [5.41, 5.74) is 2.16. The lowest BCUT2D eigenvalue weighted by atomic mass is 10.1. The number of hydrogen-bond acceptors (Lipinski definition) is 5. The van der Waals surface area contributed by atoms with Gasteiger partial charge in [-0.1, -0.05) is 18.0 Å². The molecule has 8 heteroatoms. The molecule has 1 aliphatic rings. The summed E-state index contributed by atoms with van der Waals surface area (Å²) in [6.07, 6.45) is 7.46. The molecule has 32 heavy (non-hydrogen) atoms. The highest BCUT2D eigenvalue weighted by molar-refractivity contribution is 6.33. The van der Waals surface area contributed by atoms with Gasteiger partial charge >= 0.3 is 0 Å². The zero-order valence-corrected chi connectivity index (χ0v) is 18.9. The van der Waals surface area contributed by atoms with Crippen molar-refractivity contribution in [3.05, 3.63) is 58.9 Å². The number of halogens is 1. The highest BCUT2D eigenvalue weighted by atomic mass is 35.5. The van der Waals surface area contributed by atoms with Crippen molar-refractivity contribution in [2.45, 2.75) is 32.2 Å². The molecule has 0 unspecified atom stereocenters. The Balaban J connectivity index is 1.53. The first-order valence-corrected chi connectivity index (χ1v) is 10.9. The van der Waals surface area contributed by atoms with Crippen LogP contribution in [0.5, 0.6) is 11.5 Å². The first-order valence-electron chi connectivity index (χ1n) is 10.5. The fourth-order valence-corrected chi connectivity index (χ4v) is 3.97. The van der Waals surface area contributed by atoms with Gasteiger partial charge in [-0.15, -0.1) is 10.2 Å². The molecule has 3 aromatic rings. The summed E-state index contributed by atoms with van der Waals surface area (Å²) < 4.78 is 12.7. The van der Waals surface area contributed by atoms with E-state index in [1.54, 1.807) is 38.5 Å². The molecule has 0 radical (unpaired) electrons. The summed E-state index contributed by atoms with van der Waals surface area (Å²) in [4.78, 5) is 12.5. The molecule has 1 aliphatic heterocycles. The van der Waals surface area contributed by atoms with Crippen LogP contribution in [0.1, 0.15) is 30.7 Å². The van der Waals surface area contributed by atoms with Crippen LogP contribution in [-0.4, -0.2) is 34.9 Å². The molecule has 0 spiro atoms. The molecule has 0 atom stereocenters. The average molecular weight is 453 g/mol. The third-order valence-electron chi connectivity index (χ3n) is 5.44. The van der Waals surface area contributed by atoms with Gasteiger partial charge in [-0.2, -0.15) is 0 Å². The largest absolute Gasteiger partial charge is 0.497 e. The standard InChI is InChI=1S/C24H25ClN4O3/c1-31-18-10-7-16(21(15-18)32-2)8-12-23(30)26-17-9-11-20(25)19(14-17)24-28-27-22-6-4-3-5-13-29(22)24/h7-12,14-15H,3-6,13H2,1-2H3,(H,26,30)/b12-8+. The van der Waals surface area contributed by atoms with Crippen molar-refractivity contribution >= 4 is 29.3 Å². The van der Waals surface area contributed by atoms with E-state index in [9.17, 15) is 4.79 Å².